The van der Waals surface area contributed by atoms with Crippen LogP contribution in [-0.2, 0) is 0 Å². The van der Waals surface area contributed by atoms with Crippen LogP contribution in [0.4, 0.5) is 0 Å². The van der Waals surface area contributed by atoms with Crippen molar-refractivity contribution in [2.75, 3.05) is 0 Å². The van der Waals surface area contributed by atoms with Crippen LogP contribution in [0, 0.1) is 0 Å². The van der Waals surface area contributed by atoms with Crippen LogP contribution in [0.1, 0.15) is 5.69 Å². The molecule has 0 unspecified atom stereocenters. The first-order valence-electron chi connectivity index (χ1n) is 4.95. The Morgan fingerprint density at radius 3 is 2.67 bits per heavy atom. The van der Waals surface area contributed by atoms with E-state index in [0.29, 0.717) is 22.2 Å². The maximum absolute atomic E-state index is 6.04. The van der Waals surface area contributed by atoms with Gasteiger partial charge in [0.25, 0.3) is 0 Å². The van der Waals surface area contributed by atoms with Gasteiger partial charge >= 0.3 is 0 Å². The molecule has 0 bridgehead atoms. The van der Waals surface area contributed by atoms with E-state index >= 15 is 0 Å². The van der Waals surface area contributed by atoms with Gasteiger partial charge in [-0.25, -0.2) is 4.98 Å². The fraction of sp³-hybridized carbons (Fsp3) is 0. The van der Waals surface area contributed by atoms with E-state index in [0.717, 1.165) is 4.47 Å². The molecule has 18 heavy (non-hydrogen) atoms. The molecule has 0 saturated carbocycles. The van der Waals surface area contributed by atoms with Gasteiger partial charge in [-0.15, -0.1) is 0 Å². The number of nitrogens with zero attached hydrogens (tertiary/aromatic N) is 1. The summed E-state index contributed by atoms with van der Waals surface area (Å²) in [6, 6.07) is 8.81. The molecular weight excluding hydrogens is 336 g/mol. The third-order valence-corrected chi connectivity index (χ3v) is 3.11. The first-order chi connectivity index (χ1) is 8.56. The molecule has 1 aromatic heterocycles. The zero-order valence-corrected chi connectivity index (χ0v) is 12.2. The van der Waals surface area contributed by atoms with E-state index < -0.39 is 0 Å². The second kappa shape index (κ2) is 5.65. The van der Waals surface area contributed by atoms with Crippen molar-refractivity contribution < 1.29 is 4.74 Å². The highest BCUT2D eigenvalue weighted by Gasteiger charge is 2.05. The molecule has 0 fully saturated rings. The first kappa shape index (κ1) is 13.3. The van der Waals surface area contributed by atoms with Crippen molar-refractivity contribution in [3.8, 4) is 11.5 Å². The number of hydrogen-bond donors (Lipinski definition) is 1. The lowest BCUT2D eigenvalue weighted by Crippen LogP contribution is -2.10. The van der Waals surface area contributed by atoms with Gasteiger partial charge in [0.05, 0.1) is 16.9 Å². The van der Waals surface area contributed by atoms with E-state index in [2.05, 4.69) is 20.9 Å². The molecule has 0 atom stereocenters. The highest BCUT2D eigenvalue weighted by Crippen LogP contribution is 2.31. The van der Waals surface area contributed by atoms with E-state index in [1.54, 1.807) is 30.5 Å². The Morgan fingerprint density at radius 2 is 2.11 bits per heavy atom. The number of hydrogen-bond acceptors (Lipinski definition) is 3. The Bertz CT molecular complexity index is 589. The van der Waals surface area contributed by atoms with Crippen LogP contribution in [0.3, 0.4) is 0 Å². The Morgan fingerprint density at radius 1 is 1.33 bits per heavy atom. The maximum Gasteiger partial charge on any atom is 0.146 e. The number of ether oxygens (including phenoxy) is 1. The molecule has 92 valence electrons. The summed E-state index contributed by atoms with van der Waals surface area (Å²) in [5.41, 5.74) is 6.01. The van der Waals surface area contributed by atoms with Gasteiger partial charge in [0.1, 0.15) is 16.5 Å². The van der Waals surface area contributed by atoms with Gasteiger partial charge in [0.2, 0.25) is 0 Å². The summed E-state index contributed by atoms with van der Waals surface area (Å²) in [5, 5.41) is 0.516. The monoisotopic (exact) mass is 342 g/mol. The number of nitrogens with two attached hydrogens (primary N) is 1. The Labute approximate surface area is 123 Å². The Hall–Kier alpha value is -1.17. The van der Waals surface area contributed by atoms with Crippen LogP contribution in [-0.4, -0.2) is 9.97 Å². The molecule has 2 rings (SSSR count). The molecule has 0 spiro atoms. The minimum atomic E-state index is 0.253. The largest absolute Gasteiger partial charge is 0.454 e. The number of rotatable bonds is 3. The molecule has 0 aliphatic rings. The second-order valence-corrected chi connectivity index (χ2v) is 5.18. The van der Waals surface area contributed by atoms with Crippen molar-refractivity contribution >= 4 is 44.7 Å². The minimum Gasteiger partial charge on any atom is -0.454 e. The number of pyridine rings is 1. The van der Waals surface area contributed by atoms with Gasteiger partial charge < -0.3 is 10.5 Å². The highest BCUT2D eigenvalue weighted by molar-refractivity contribution is 9.10. The second-order valence-electron chi connectivity index (χ2n) is 3.42. The van der Waals surface area contributed by atoms with Crippen molar-refractivity contribution in [3.63, 3.8) is 0 Å². The summed E-state index contributed by atoms with van der Waals surface area (Å²) in [6.07, 6.45) is 1.55. The summed E-state index contributed by atoms with van der Waals surface area (Å²) in [6.45, 7) is 0. The van der Waals surface area contributed by atoms with Gasteiger partial charge in [-0.1, -0.05) is 39.7 Å². The smallest absolute Gasteiger partial charge is 0.146 e. The standard InChI is InChI=1S/C12H8BrClN2OS/c13-7-1-4-11(9(14)5-7)17-8-2-3-10(12(15)18)16-6-8/h1-6H,(H2,15,18). The van der Waals surface area contributed by atoms with Crippen molar-refractivity contribution in [2.24, 2.45) is 5.73 Å². The molecule has 6 heteroatoms. The zero-order chi connectivity index (χ0) is 13.1. The minimum absolute atomic E-state index is 0.253. The number of thiocarbonyl (C=S) groups is 1. The van der Waals surface area contributed by atoms with Crippen molar-refractivity contribution in [1.29, 1.82) is 0 Å². The molecule has 3 nitrogen and oxygen atoms in total. The summed E-state index contributed by atoms with van der Waals surface area (Å²) >= 11 is 14.2. The third-order valence-electron chi connectivity index (χ3n) is 2.11. The van der Waals surface area contributed by atoms with Gasteiger partial charge in [-0.3, -0.25) is 0 Å². The summed E-state index contributed by atoms with van der Waals surface area (Å²) in [7, 11) is 0. The van der Waals surface area contributed by atoms with Gasteiger partial charge in [-0.2, -0.15) is 0 Å². The molecule has 0 radical (unpaired) electrons. The van der Waals surface area contributed by atoms with E-state index in [1.165, 1.54) is 0 Å². The van der Waals surface area contributed by atoms with E-state index in [1.807, 2.05) is 6.07 Å². The molecular formula is C12H8BrClN2OS. The molecule has 0 aliphatic carbocycles. The van der Waals surface area contributed by atoms with Crippen LogP contribution in [0.15, 0.2) is 41.0 Å². The van der Waals surface area contributed by atoms with Crippen molar-refractivity contribution in [3.05, 3.63) is 51.7 Å². The van der Waals surface area contributed by atoms with E-state index in [4.69, 9.17) is 34.3 Å². The first-order valence-corrected chi connectivity index (χ1v) is 6.53. The van der Waals surface area contributed by atoms with Gasteiger partial charge in [-0.05, 0) is 30.3 Å². The number of aromatic nitrogens is 1. The van der Waals surface area contributed by atoms with Gasteiger partial charge in [0.15, 0.2) is 0 Å². The lowest BCUT2D eigenvalue weighted by atomic mass is 10.3. The van der Waals surface area contributed by atoms with E-state index in [9.17, 15) is 0 Å². The third kappa shape index (κ3) is 3.19. The molecule has 1 heterocycles. The van der Waals surface area contributed by atoms with Crippen molar-refractivity contribution in [2.45, 2.75) is 0 Å². The molecule has 2 N–H and O–H groups in total. The van der Waals surface area contributed by atoms with Gasteiger partial charge in [0, 0.05) is 4.47 Å². The Kier molecular flexibility index (Phi) is 4.16. The zero-order valence-electron chi connectivity index (χ0n) is 9.06. The molecule has 0 saturated heterocycles. The van der Waals surface area contributed by atoms with Crippen LogP contribution in [0.2, 0.25) is 5.02 Å². The molecule has 0 amide bonds. The molecule has 0 aliphatic heterocycles. The normalized spacial score (nSPS) is 10.1. The molecule has 2 aromatic rings. The average Bonchev–Trinajstić information content (AvgIpc) is 2.33. The number of benzene rings is 1. The fourth-order valence-electron chi connectivity index (χ4n) is 1.27. The lowest BCUT2D eigenvalue weighted by molar-refractivity contribution is 0.480. The van der Waals surface area contributed by atoms with Crippen molar-refractivity contribution in [1.82, 2.24) is 4.98 Å². The lowest BCUT2D eigenvalue weighted by Gasteiger charge is -2.07. The highest BCUT2D eigenvalue weighted by atomic mass is 79.9. The quantitative estimate of drug-likeness (QED) is 0.858. The van der Waals surface area contributed by atoms with E-state index in [-0.39, 0.29) is 4.99 Å². The van der Waals surface area contributed by atoms with Crippen LogP contribution in [0.25, 0.3) is 0 Å². The summed E-state index contributed by atoms with van der Waals surface area (Å²) in [4.78, 5) is 4.33. The number of halogens is 2. The average molecular weight is 344 g/mol. The fourth-order valence-corrected chi connectivity index (χ4v) is 2.10. The topological polar surface area (TPSA) is 48.1 Å². The van der Waals surface area contributed by atoms with Crippen LogP contribution < -0.4 is 10.5 Å². The van der Waals surface area contributed by atoms with Crippen LogP contribution in [0.5, 0.6) is 11.5 Å². The predicted octanol–water partition coefficient (Wildman–Crippen LogP) is 3.92. The summed E-state index contributed by atoms with van der Waals surface area (Å²) < 4.78 is 6.49. The Balaban J connectivity index is 2.21. The summed E-state index contributed by atoms with van der Waals surface area (Å²) in [5.74, 6) is 1.13. The molecule has 1 aromatic carbocycles. The maximum atomic E-state index is 6.04. The predicted molar refractivity (Wildman–Crippen MR) is 79.4 cm³/mol. The van der Waals surface area contributed by atoms with Crippen LogP contribution >= 0.6 is 39.7 Å². The SMILES string of the molecule is NC(=S)c1ccc(Oc2ccc(Br)cc2Cl)cn1.